The van der Waals surface area contributed by atoms with Gasteiger partial charge in [-0.1, -0.05) is 23.7 Å². The van der Waals surface area contributed by atoms with Gasteiger partial charge in [-0.25, -0.2) is 14.3 Å². The molecule has 0 saturated heterocycles. The minimum atomic E-state index is -0.125. The molecule has 1 amide bonds. The maximum atomic E-state index is 12.6. The maximum absolute atomic E-state index is 12.6. The van der Waals surface area contributed by atoms with E-state index in [4.69, 9.17) is 11.6 Å². The number of carbonyl (C=O) groups is 1. The monoisotopic (exact) mass is 379 g/mol. The number of nitrogens with zero attached hydrogens (tertiary/aromatic N) is 4. The standard InChI is InChI=1S/C20H18ClN5O/c1-13-17(14(2)26(23-13)16-9-7-15(21)8-10-16)11-20(27)24-25-12-22-18-5-3-4-6-19(18)25/h3-10,12H,11H2,1-2H3,(H,24,27). The fourth-order valence-corrected chi connectivity index (χ4v) is 3.27. The Bertz CT molecular complexity index is 1130. The third-order valence-corrected chi connectivity index (χ3v) is 4.80. The van der Waals surface area contributed by atoms with Gasteiger partial charge in [0.2, 0.25) is 5.91 Å². The van der Waals surface area contributed by atoms with Crippen molar-refractivity contribution in [3.05, 3.63) is 76.8 Å². The van der Waals surface area contributed by atoms with Gasteiger partial charge in [-0.05, 0) is 50.2 Å². The Hall–Kier alpha value is -3.12. The molecule has 2 heterocycles. The van der Waals surface area contributed by atoms with Crippen LogP contribution < -0.4 is 5.43 Å². The zero-order valence-electron chi connectivity index (χ0n) is 15.0. The summed E-state index contributed by atoms with van der Waals surface area (Å²) >= 11 is 5.96. The molecule has 0 aliphatic carbocycles. The predicted octanol–water partition coefficient (Wildman–Crippen LogP) is 3.81. The Morgan fingerprint density at radius 2 is 1.85 bits per heavy atom. The fourth-order valence-electron chi connectivity index (χ4n) is 3.15. The number of nitrogens with one attached hydrogen (secondary N) is 1. The summed E-state index contributed by atoms with van der Waals surface area (Å²) in [7, 11) is 0. The van der Waals surface area contributed by atoms with Gasteiger partial charge in [0.25, 0.3) is 0 Å². The number of aryl methyl sites for hydroxylation is 1. The number of rotatable bonds is 4. The van der Waals surface area contributed by atoms with Gasteiger partial charge < -0.3 is 0 Å². The first-order chi connectivity index (χ1) is 13.0. The van der Waals surface area contributed by atoms with Crippen LogP contribution in [0.3, 0.4) is 0 Å². The van der Waals surface area contributed by atoms with Crippen molar-refractivity contribution >= 4 is 28.5 Å². The number of fused-ring (bicyclic) bond motifs is 1. The lowest BCUT2D eigenvalue weighted by molar-refractivity contribution is -0.116. The van der Waals surface area contributed by atoms with Crippen LogP contribution in [0, 0.1) is 13.8 Å². The van der Waals surface area contributed by atoms with E-state index in [0.29, 0.717) is 5.02 Å². The molecule has 7 heteroatoms. The molecule has 27 heavy (non-hydrogen) atoms. The molecule has 0 atom stereocenters. The fraction of sp³-hybridized carbons (Fsp3) is 0.150. The Kier molecular flexibility index (Phi) is 4.41. The van der Waals surface area contributed by atoms with Crippen LogP contribution in [0.5, 0.6) is 0 Å². The molecule has 6 nitrogen and oxygen atoms in total. The SMILES string of the molecule is Cc1nn(-c2ccc(Cl)cc2)c(C)c1CC(=O)Nn1cnc2ccccc21. The smallest absolute Gasteiger partial charge is 0.243 e. The Balaban J connectivity index is 1.57. The number of benzene rings is 2. The number of aromatic nitrogens is 4. The van der Waals surface area contributed by atoms with E-state index < -0.39 is 0 Å². The van der Waals surface area contributed by atoms with Gasteiger partial charge in [0.1, 0.15) is 6.33 Å². The number of hydrogen-bond acceptors (Lipinski definition) is 3. The first-order valence-electron chi connectivity index (χ1n) is 8.56. The van der Waals surface area contributed by atoms with Gasteiger partial charge >= 0.3 is 0 Å². The van der Waals surface area contributed by atoms with E-state index in [1.165, 1.54) is 0 Å². The summed E-state index contributed by atoms with van der Waals surface area (Å²) in [6.45, 7) is 3.87. The molecule has 0 bridgehead atoms. The quantitative estimate of drug-likeness (QED) is 0.586. The largest absolute Gasteiger partial charge is 0.273 e. The Labute approximate surface area is 161 Å². The molecule has 0 aliphatic heterocycles. The highest BCUT2D eigenvalue weighted by molar-refractivity contribution is 6.30. The molecule has 4 rings (SSSR count). The van der Waals surface area contributed by atoms with Gasteiger partial charge in [0.15, 0.2) is 0 Å². The van der Waals surface area contributed by atoms with Crippen LogP contribution in [0.2, 0.25) is 5.02 Å². The van der Waals surface area contributed by atoms with Crippen molar-refractivity contribution in [3.63, 3.8) is 0 Å². The van der Waals surface area contributed by atoms with E-state index >= 15 is 0 Å². The Morgan fingerprint density at radius 3 is 2.63 bits per heavy atom. The summed E-state index contributed by atoms with van der Waals surface area (Å²) in [5, 5.41) is 5.26. The average Bonchev–Trinajstić information content (AvgIpc) is 3.19. The highest BCUT2D eigenvalue weighted by Gasteiger charge is 2.16. The van der Waals surface area contributed by atoms with Crippen LogP contribution in [0.4, 0.5) is 0 Å². The topological polar surface area (TPSA) is 64.7 Å². The van der Waals surface area contributed by atoms with Crippen LogP contribution in [-0.4, -0.2) is 25.3 Å². The van der Waals surface area contributed by atoms with Crippen LogP contribution in [0.15, 0.2) is 54.9 Å². The molecule has 0 fully saturated rings. The van der Waals surface area contributed by atoms with Crippen LogP contribution in [0.25, 0.3) is 16.7 Å². The molecule has 0 aliphatic rings. The van der Waals surface area contributed by atoms with E-state index in [0.717, 1.165) is 33.7 Å². The molecule has 0 spiro atoms. The van der Waals surface area contributed by atoms with E-state index in [1.54, 1.807) is 11.0 Å². The highest BCUT2D eigenvalue weighted by atomic mass is 35.5. The summed E-state index contributed by atoms with van der Waals surface area (Å²) in [4.78, 5) is 16.9. The van der Waals surface area contributed by atoms with Crippen molar-refractivity contribution in [2.75, 3.05) is 5.43 Å². The second-order valence-corrected chi connectivity index (χ2v) is 6.79. The summed E-state index contributed by atoms with van der Waals surface area (Å²) in [5.41, 5.74) is 8.15. The van der Waals surface area contributed by atoms with Crippen molar-refractivity contribution in [3.8, 4) is 5.69 Å². The molecular formula is C20H18ClN5O. The van der Waals surface area contributed by atoms with Crippen molar-refractivity contribution in [2.24, 2.45) is 0 Å². The normalized spacial score (nSPS) is 11.1. The van der Waals surface area contributed by atoms with Gasteiger partial charge in [-0.15, -0.1) is 0 Å². The number of para-hydroxylation sites is 2. The summed E-state index contributed by atoms with van der Waals surface area (Å²) in [6, 6.07) is 15.1. The minimum absolute atomic E-state index is 0.125. The number of amides is 1. The molecule has 2 aromatic heterocycles. The van der Waals surface area contributed by atoms with Crippen molar-refractivity contribution in [1.29, 1.82) is 0 Å². The van der Waals surface area contributed by atoms with Gasteiger partial charge in [0, 0.05) is 16.3 Å². The number of hydrogen-bond donors (Lipinski definition) is 1. The predicted molar refractivity (Wildman–Crippen MR) is 106 cm³/mol. The molecule has 0 unspecified atom stereocenters. The van der Waals surface area contributed by atoms with E-state index in [1.807, 2.05) is 67.1 Å². The van der Waals surface area contributed by atoms with Gasteiger partial charge in [0.05, 0.1) is 28.8 Å². The minimum Gasteiger partial charge on any atom is -0.273 e. The lowest BCUT2D eigenvalue weighted by Gasteiger charge is -2.08. The lowest BCUT2D eigenvalue weighted by atomic mass is 10.1. The number of carbonyl (C=O) groups excluding carboxylic acids is 1. The van der Waals surface area contributed by atoms with Crippen molar-refractivity contribution < 1.29 is 4.79 Å². The molecule has 136 valence electrons. The van der Waals surface area contributed by atoms with Crippen molar-refractivity contribution in [2.45, 2.75) is 20.3 Å². The third kappa shape index (κ3) is 3.31. The zero-order valence-corrected chi connectivity index (χ0v) is 15.7. The van der Waals surface area contributed by atoms with Crippen molar-refractivity contribution in [1.82, 2.24) is 19.4 Å². The average molecular weight is 380 g/mol. The van der Waals surface area contributed by atoms with Crippen LogP contribution in [0.1, 0.15) is 17.0 Å². The summed E-state index contributed by atoms with van der Waals surface area (Å²) in [5.74, 6) is -0.125. The first kappa shape index (κ1) is 17.3. The van der Waals surface area contributed by atoms with Gasteiger partial charge in [-0.3, -0.25) is 10.2 Å². The maximum Gasteiger partial charge on any atom is 0.243 e. The number of halogens is 1. The molecule has 1 N–H and O–H groups in total. The van der Waals surface area contributed by atoms with Crippen LogP contribution >= 0.6 is 11.6 Å². The molecule has 4 aromatic rings. The Morgan fingerprint density at radius 1 is 1.11 bits per heavy atom. The zero-order chi connectivity index (χ0) is 19.0. The summed E-state index contributed by atoms with van der Waals surface area (Å²) in [6.07, 6.45) is 1.84. The van der Waals surface area contributed by atoms with E-state index in [2.05, 4.69) is 15.5 Å². The molecule has 2 aromatic carbocycles. The lowest BCUT2D eigenvalue weighted by Crippen LogP contribution is -2.24. The molecule has 0 radical (unpaired) electrons. The van der Waals surface area contributed by atoms with E-state index in [9.17, 15) is 4.79 Å². The first-order valence-corrected chi connectivity index (χ1v) is 8.93. The second kappa shape index (κ2) is 6.89. The summed E-state index contributed by atoms with van der Waals surface area (Å²) < 4.78 is 3.48. The third-order valence-electron chi connectivity index (χ3n) is 4.55. The molecule has 0 saturated carbocycles. The second-order valence-electron chi connectivity index (χ2n) is 6.35. The van der Waals surface area contributed by atoms with E-state index in [-0.39, 0.29) is 12.3 Å². The number of imidazole rings is 1. The van der Waals surface area contributed by atoms with Gasteiger partial charge in [-0.2, -0.15) is 5.10 Å². The van der Waals surface area contributed by atoms with Crippen LogP contribution in [-0.2, 0) is 11.2 Å². The highest BCUT2D eigenvalue weighted by Crippen LogP contribution is 2.20. The molecular weight excluding hydrogens is 362 g/mol.